The number of aromatic nitrogens is 2. The maximum atomic E-state index is 13.7. The molecule has 1 aromatic heterocycles. The number of hydrogen-bond acceptors (Lipinski definition) is 3. The summed E-state index contributed by atoms with van der Waals surface area (Å²) in [5, 5.41) is 6.94. The van der Waals surface area contributed by atoms with Gasteiger partial charge in [0, 0.05) is 26.2 Å². The standard InChI is InChI=1S/C19H24F2N4O2/c1-24-12-17(18(23-24)27-2)22-19(26)25-9-7-13(8-10-25)3-4-14-5-6-15(20)11-16(14)21/h5-6,11-13H,3-4,7-10H2,1-2H3,(H,22,26). The Balaban J connectivity index is 1.47. The van der Waals surface area contributed by atoms with E-state index in [9.17, 15) is 13.6 Å². The van der Waals surface area contributed by atoms with Gasteiger partial charge in [0.15, 0.2) is 0 Å². The second-order valence-electron chi connectivity index (χ2n) is 6.86. The predicted octanol–water partition coefficient (Wildman–Crippen LogP) is 3.58. The number of methoxy groups -OCH3 is 1. The average Bonchev–Trinajstić information content (AvgIpc) is 3.00. The van der Waals surface area contributed by atoms with Crippen LogP contribution in [0.3, 0.4) is 0 Å². The van der Waals surface area contributed by atoms with E-state index >= 15 is 0 Å². The van der Waals surface area contributed by atoms with Crippen LogP contribution >= 0.6 is 0 Å². The molecule has 0 aliphatic carbocycles. The zero-order valence-electron chi connectivity index (χ0n) is 15.5. The Morgan fingerprint density at radius 2 is 2.07 bits per heavy atom. The van der Waals surface area contributed by atoms with E-state index < -0.39 is 11.6 Å². The van der Waals surface area contributed by atoms with Crippen molar-refractivity contribution in [2.45, 2.75) is 25.7 Å². The minimum absolute atomic E-state index is 0.177. The van der Waals surface area contributed by atoms with Gasteiger partial charge in [-0.3, -0.25) is 4.68 Å². The molecule has 0 saturated carbocycles. The van der Waals surface area contributed by atoms with Gasteiger partial charge in [0.05, 0.1) is 13.3 Å². The quantitative estimate of drug-likeness (QED) is 0.865. The molecule has 8 heteroatoms. The normalized spacial score (nSPS) is 15.0. The molecular weight excluding hydrogens is 354 g/mol. The lowest BCUT2D eigenvalue weighted by Gasteiger charge is -2.32. The van der Waals surface area contributed by atoms with Crippen molar-refractivity contribution in [2.24, 2.45) is 13.0 Å². The van der Waals surface area contributed by atoms with Crippen LogP contribution in [0.15, 0.2) is 24.4 Å². The van der Waals surface area contributed by atoms with Crippen LogP contribution in [0.5, 0.6) is 5.88 Å². The Morgan fingerprint density at radius 1 is 1.33 bits per heavy atom. The monoisotopic (exact) mass is 378 g/mol. The van der Waals surface area contributed by atoms with E-state index in [1.54, 1.807) is 22.8 Å². The Bertz CT molecular complexity index is 801. The SMILES string of the molecule is COc1nn(C)cc1NC(=O)N1CCC(CCc2ccc(F)cc2F)CC1. The van der Waals surface area contributed by atoms with E-state index in [2.05, 4.69) is 10.4 Å². The number of carbonyl (C=O) groups is 1. The van der Waals surface area contributed by atoms with E-state index in [1.807, 2.05) is 0 Å². The van der Waals surface area contributed by atoms with Crippen LogP contribution in [0, 0.1) is 17.6 Å². The van der Waals surface area contributed by atoms with Gasteiger partial charge < -0.3 is 15.0 Å². The van der Waals surface area contributed by atoms with Crippen LogP contribution in [0.2, 0.25) is 0 Å². The molecule has 0 bridgehead atoms. The summed E-state index contributed by atoms with van der Waals surface area (Å²) in [4.78, 5) is 14.2. The number of urea groups is 1. The highest BCUT2D eigenvalue weighted by Gasteiger charge is 2.24. The highest BCUT2D eigenvalue weighted by Crippen LogP contribution is 2.25. The third-order valence-corrected chi connectivity index (χ3v) is 4.97. The number of amides is 2. The topological polar surface area (TPSA) is 59.4 Å². The molecule has 2 heterocycles. The predicted molar refractivity (Wildman–Crippen MR) is 97.8 cm³/mol. The first kappa shape index (κ1) is 19.1. The highest BCUT2D eigenvalue weighted by molar-refractivity contribution is 5.90. The lowest BCUT2D eigenvalue weighted by molar-refractivity contribution is 0.180. The smallest absolute Gasteiger partial charge is 0.322 e. The molecule has 0 spiro atoms. The van der Waals surface area contributed by atoms with Crippen molar-refractivity contribution in [1.29, 1.82) is 0 Å². The molecule has 1 aliphatic rings. The summed E-state index contributed by atoms with van der Waals surface area (Å²) in [6.45, 7) is 1.29. The molecule has 1 aromatic carbocycles. The molecule has 0 atom stereocenters. The Morgan fingerprint density at radius 3 is 2.74 bits per heavy atom. The van der Waals surface area contributed by atoms with E-state index in [0.29, 0.717) is 42.6 Å². The molecule has 2 amide bonds. The van der Waals surface area contributed by atoms with Crippen molar-refractivity contribution in [1.82, 2.24) is 14.7 Å². The molecule has 1 saturated heterocycles. The molecule has 0 radical (unpaired) electrons. The summed E-state index contributed by atoms with van der Waals surface area (Å²) >= 11 is 0. The fraction of sp³-hybridized carbons (Fsp3) is 0.474. The van der Waals surface area contributed by atoms with Gasteiger partial charge in [-0.2, -0.15) is 0 Å². The summed E-state index contributed by atoms with van der Waals surface area (Å²) in [6.07, 6.45) is 4.83. The van der Waals surface area contributed by atoms with Gasteiger partial charge in [-0.25, -0.2) is 13.6 Å². The van der Waals surface area contributed by atoms with Crippen LogP contribution in [-0.4, -0.2) is 40.9 Å². The first-order valence-electron chi connectivity index (χ1n) is 9.03. The molecule has 0 unspecified atom stereocenters. The average molecular weight is 378 g/mol. The molecule has 146 valence electrons. The Kier molecular flexibility index (Phi) is 5.93. The van der Waals surface area contributed by atoms with E-state index in [-0.39, 0.29) is 6.03 Å². The number of anilines is 1. The summed E-state index contributed by atoms with van der Waals surface area (Å²) < 4.78 is 33.4. The molecule has 3 rings (SSSR count). The lowest BCUT2D eigenvalue weighted by atomic mass is 9.90. The molecular formula is C19H24F2N4O2. The number of nitrogens with zero attached hydrogens (tertiary/aromatic N) is 3. The van der Waals surface area contributed by atoms with Gasteiger partial charge in [0.1, 0.15) is 17.3 Å². The Labute approximate surface area is 157 Å². The van der Waals surface area contributed by atoms with Crippen molar-refractivity contribution >= 4 is 11.7 Å². The number of rotatable bonds is 5. The molecule has 27 heavy (non-hydrogen) atoms. The van der Waals surface area contributed by atoms with Crippen LogP contribution < -0.4 is 10.1 Å². The van der Waals surface area contributed by atoms with Crippen LogP contribution in [0.1, 0.15) is 24.8 Å². The van der Waals surface area contributed by atoms with Gasteiger partial charge in [0.2, 0.25) is 0 Å². The number of nitrogens with one attached hydrogen (secondary N) is 1. The molecule has 1 aliphatic heterocycles. The van der Waals surface area contributed by atoms with E-state index in [4.69, 9.17) is 4.74 Å². The number of benzene rings is 1. The van der Waals surface area contributed by atoms with Crippen molar-refractivity contribution in [2.75, 3.05) is 25.5 Å². The summed E-state index contributed by atoms with van der Waals surface area (Å²) in [7, 11) is 3.26. The zero-order chi connectivity index (χ0) is 19.4. The maximum Gasteiger partial charge on any atom is 0.322 e. The van der Waals surface area contributed by atoms with Crippen molar-refractivity contribution in [3.8, 4) is 5.88 Å². The van der Waals surface area contributed by atoms with E-state index in [0.717, 1.165) is 25.3 Å². The fourth-order valence-corrected chi connectivity index (χ4v) is 3.41. The van der Waals surface area contributed by atoms with Crippen LogP contribution in [0.4, 0.5) is 19.3 Å². The van der Waals surface area contributed by atoms with Gasteiger partial charge >= 0.3 is 6.03 Å². The van der Waals surface area contributed by atoms with Crippen molar-refractivity contribution < 1.29 is 18.3 Å². The van der Waals surface area contributed by atoms with Crippen LogP contribution in [0.25, 0.3) is 0 Å². The first-order valence-corrected chi connectivity index (χ1v) is 9.03. The summed E-state index contributed by atoms with van der Waals surface area (Å²) in [6, 6.07) is 3.55. The number of carbonyl (C=O) groups excluding carboxylic acids is 1. The molecule has 6 nitrogen and oxygen atoms in total. The second-order valence-corrected chi connectivity index (χ2v) is 6.86. The highest BCUT2D eigenvalue weighted by atomic mass is 19.1. The van der Waals surface area contributed by atoms with Gasteiger partial charge in [-0.05, 0) is 43.2 Å². The maximum absolute atomic E-state index is 13.7. The number of aryl methyl sites for hydroxylation is 2. The lowest BCUT2D eigenvalue weighted by Crippen LogP contribution is -2.41. The fourth-order valence-electron chi connectivity index (χ4n) is 3.41. The summed E-state index contributed by atoms with van der Waals surface area (Å²) in [5.74, 6) is -0.244. The summed E-state index contributed by atoms with van der Waals surface area (Å²) in [5.41, 5.74) is 1.08. The number of halogens is 2. The number of ether oxygens (including phenoxy) is 1. The van der Waals surface area contributed by atoms with E-state index in [1.165, 1.54) is 19.2 Å². The largest absolute Gasteiger partial charge is 0.478 e. The first-order chi connectivity index (χ1) is 13.0. The van der Waals surface area contributed by atoms with Crippen molar-refractivity contribution in [3.05, 3.63) is 41.6 Å². The third-order valence-electron chi connectivity index (χ3n) is 4.97. The minimum atomic E-state index is -0.555. The van der Waals surface area contributed by atoms with Gasteiger partial charge in [-0.15, -0.1) is 5.10 Å². The number of hydrogen-bond donors (Lipinski definition) is 1. The number of piperidine rings is 1. The molecule has 2 aromatic rings. The second kappa shape index (κ2) is 8.37. The van der Waals surface area contributed by atoms with Crippen LogP contribution in [-0.2, 0) is 13.5 Å². The molecule has 1 N–H and O–H groups in total. The third kappa shape index (κ3) is 4.75. The van der Waals surface area contributed by atoms with Crippen molar-refractivity contribution in [3.63, 3.8) is 0 Å². The Hall–Kier alpha value is -2.64. The zero-order valence-corrected chi connectivity index (χ0v) is 15.5. The number of likely N-dealkylation sites (tertiary alicyclic amines) is 1. The van der Waals surface area contributed by atoms with Gasteiger partial charge in [-0.1, -0.05) is 6.07 Å². The van der Waals surface area contributed by atoms with Gasteiger partial charge in [0.25, 0.3) is 5.88 Å². The minimum Gasteiger partial charge on any atom is -0.478 e. The molecule has 1 fully saturated rings.